The van der Waals surface area contributed by atoms with E-state index in [2.05, 4.69) is 4.98 Å². The highest BCUT2D eigenvalue weighted by Crippen LogP contribution is 2.35. The van der Waals surface area contributed by atoms with E-state index in [9.17, 15) is 8.42 Å². The summed E-state index contributed by atoms with van der Waals surface area (Å²) in [7, 11) is -3.64. The Morgan fingerprint density at radius 3 is 2.23 bits per heavy atom. The summed E-state index contributed by atoms with van der Waals surface area (Å²) in [5.74, 6) is 0.674. The van der Waals surface area contributed by atoms with E-state index >= 15 is 0 Å². The third-order valence-electron chi connectivity index (χ3n) is 4.13. The van der Waals surface area contributed by atoms with Crippen molar-refractivity contribution in [2.45, 2.75) is 41.3 Å². The van der Waals surface area contributed by atoms with Crippen LogP contribution < -0.4 is 0 Å². The molecule has 0 radical (unpaired) electrons. The van der Waals surface area contributed by atoms with Crippen LogP contribution in [0.25, 0.3) is 0 Å². The summed E-state index contributed by atoms with van der Waals surface area (Å²) in [5.41, 5.74) is 3.43. The minimum Gasteiger partial charge on any atom is -0.245 e. The van der Waals surface area contributed by atoms with Gasteiger partial charge < -0.3 is 0 Å². The predicted molar refractivity (Wildman–Crippen MR) is 106 cm³/mol. The van der Waals surface area contributed by atoms with Crippen molar-refractivity contribution >= 4 is 21.6 Å². The lowest BCUT2D eigenvalue weighted by Gasteiger charge is -2.15. The Kier molecular flexibility index (Phi) is 5.49. The lowest BCUT2D eigenvalue weighted by Crippen LogP contribution is -2.09. The molecule has 3 aromatic rings. The Labute approximate surface area is 159 Å². The topological polar surface area (TPSA) is 47.0 Å². The van der Waals surface area contributed by atoms with Crippen molar-refractivity contribution in [2.75, 3.05) is 0 Å². The first-order chi connectivity index (χ1) is 12.4. The lowest BCUT2D eigenvalue weighted by molar-refractivity contribution is 0.591. The number of sulfone groups is 1. The molecular formula is C21H21NO2S2. The van der Waals surface area contributed by atoms with Crippen molar-refractivity contribution in [3.05, 3.63) is 83.0 Å². The number of benzene rings is 2. The maximum atomic E-state index is 13.4. The van der Waals surface area contributed by atoms with Crippen molar-refractivity contribution in [2.24, 2.45) is 0 Å². The number of nitrogens with zero attached hydrogens (tertiary/aromatic N) is 1. The second-order valence-corrected chi connectivity index (χ2v) is 9.08. The molecule has 0 fully saturated rings. The largest absolute Gasteiger partial charge is 0.245 e. The van der Waals surface area contributed by atoms with Crippen LogP contribution in [0.4, 0.5) is 0 Å². The third kappa shape index (κ3) is 3.84. The molecule has 2 aromatic carbocycles. The lowest BCUT2D eigenvalue weighted by atomic mass is 10.2. The van der Waals surface area contributed by atoms with Crippen molar-refractivity contribution in [1.29, 1.82) is 0 Å². The molecule has 0 aliphatic rings. The summed E-state index contributed by atoms with van der Waals surface area (Å²) in [5, 5.41) is 0.564. The highest BCUT2D eigenvalue weighted by Gasteiger charge is 2.26. The van der Waals surface area contributed by atoms with Gasteiger partial charge in [0.05, 0.1) is 4.90 Å². The third-order valence-corrected chi connectivity index (χ3v) is 7.39. The average Bonchev–Trinajstić information content (AvgIpc) is 2.60. The summed E-state index contributed by atoms with van der Waals surface area (Å²) >= 11 is 1.47. The van der Waals surface area contributed by atoms with Crippen molar-refractivity contribution in [3.63, 3.8) is 0 Å². The van der Waals surface area contributed by atoms with Crippen LogP contribution in [0.2, 0.25) is 0 Å². The number of aryl methyl sites for hydroxylation is 3. The first-order valence-electron chi connectivity index (χ1n) is 8.35. The van der Waals surface area contributed by atoms with E-state index in [4.69, 9.17) is 0 Å². The Balaban J connectivity index is 2.08. The Morgan fingerprint density at radius 2 is 1.54 bits per heavy atom. The minimum absolute atomic E-state index is 0.318. The smallest absolute Gasteiger partial charge is 0.209 e. The van der Waals surface area contributed by atoms with Gasteiger partial charge in [0.1, 0.15) is 9.92 Å². The van der Waals surface area contributed by atoms with Crippen molar-refractivity contribution < 1.29 is 8.42 Å². The fourth-order valence-corrected chi connectivity index (χ4v) is 6.14. The van der Waals surface area contributed by atoms with Crippen LogP contribution in [-0.4, -0.2) is 13.4 Å². The van der Waals surface area contributed by atoms with Crippen LogP contribution in [0.1, 0.15) is 22.4 Å². The zero-order valence-electron chi connectivity index (χ0n) is 15.1. The van der Waals surface area contributed by atoms with Gasteiger partial charge in [0, 0.05) is 11.4 Å². The van der Waals surface area contributed by atoms with E-state index in [0.29, 0.717) is 20.6 Å². The van der Waals surface area contributed by atoms with E-state index in [1.54, 1.807) is 12.1 Å². The van der Waals surface area contributed by atoms with Gasteiger partial charge in [-0.05, 0) is 49.6 Å². The number of rotatable bonds is 5. The summed E-state index contributed by atoms with van der Waals surface area (Å²) in [4.78, 5) is 5.22. The predicted octanol–water partition coefficient (Wildman–Crippen LogP) is 5.13. The van der Waals surface area contributed by atoms with Crippen LogP contribution in [0.5, 0.6) is 0 Å². The van der Waals surface area contributed by atoms with Crippen LogP contribution in [0.15, 0.2) is 75.5 Å². The van der Waals surface area contributed by atoms with Crippen molar-refractivity contribution in [1.82, 2.24) is 4.98 Å². The first kappa shape index (κ1) is 18.7. The Bertz CT molecular complexity index is 1030. The van der Waals surface area contributed by atoms with Gasteiger partial charge in [0.2, 0.25) is 9.84 Å². The number of aromatic nitrogens is 1. The Morgan fingerprint density at radius 1 is 0.885 bits per heavy atom. The molecular weight excluding hydrogens is 362 g/mol. The molecule has 1 heterocycles. The maximum Gasteiger partial charge on any atom is 0.209 e. The molecule has 0 saturated carbocycles. The van der Waals surface area contributed by atoms with Gasteiger partial charge in [-0.25, -0.2) is 13.4 Å². The van der Waals surface area contributed by atoms with Crippen LogP contribution in [0, 0.1) is 20.8 Å². The molecule has 0 aliphatic heterocycles. The van der Waals surface area contributed by atoms with Gasteiger partial charge in [-0.3, -0.25) is 0 Å². The van der Waals surface area contributed by atoms with Crippen molar-refractivity contribution in [3.8, 4) is 0 Å². The molecule has 0 unspecified atom stereocenters. The molecule has 3 nitrogen and oxygen atoms in total. The molecule has 5 heteroatoms. The van der Waals surface area contributed by atoms with Crippen LogP contribution in [0.3, 0.4) is 0 Å². The number of hydrogen-bond acceptors (Lipinski definition) is 4. The van der Waals surface area contributed by atoms with Gasteiger partial charge in [-0.2, -0.15) is 0 Å². The average molecular weight is 384 g/mol. The van der Waals surface area contributed by atoms with Crippen LogP contribution in [-0.2, 0) is 15.6 Å². The minimum atomic E-state index is -3.64. The highest BCUT2D eigenvalue weighted by atomic mass is 32.2. The second-order valence-electron chi connectivity index (χ2n) is 6.26. The maximum absolute atomic E-state index is 13.4. The van der Waals surface area contributed by atoms with Gasteiger partial charge in [-0.1, -0.05) is 48.5 Å². The molecule has 26 heavy (non-hydrogen) atoms. The molecule has 0 atom stereocenters. The monoisotopic (exact) mass is 383 g/mol. The number of pyridine rings is 1. The SMILES string of the molecule is Cc1cc(C)c(S(=O)(=O)c2ccccc2C)c(SCc2ccccc2)n1. The second kappa shape index (κ2) is 7.64. The van der Waals surface area contributed by atoms with E-state index in [1.165, 1.54) is 11.8 Å². The fourth-order valence-electron chi connectivity index (χ4n) is 2.91. The molecule has 3 rings (SSSR count). The van der Waals surface area contributed by atoms with Crippen LogP contribution >= 0.6 is 11.8 Å². The summed E-state index contributed by atoms with van der Waals surface area (Å²) in [6.45, 7) is 5.55. The molecule has 0 spiro atoms. The van der Waals surface area contributed by atoms with E-state index in [1.807, 2.05) is 69.3 Å². The van der Waals surface area contributed by atoms with E-state index in [0.717, 1.165) is 22.4 Å². The summed E-state index contributed by atoms with van der Waals surface area (Å²) in [6.07, 6.45) is 0. The highest BCUT2D eigenvalue weighted by molar-refractivity contribution is 7.99. The quantitative estimate of drug-likeness (QED) is 0.573. The molecule has 1 aromatic heterocycles. The van der Waals surface area contributed by atoms with Gasteiger partial charge >= 0.3 is 0 Å². The fraction of sp³-hybridized carbons (Fsp3) is 0.190. The molecule has 0 bridgehead atoms. The molecule has 0 amide bonds. The molecule has 0 saturated heterocycles. The molecule has 0 N–H and O–H groups in total. The van der Waals surface area contributed by atoms with E-state index < -0.39 is 9.84 Å². The first-order valence-corrected chi connectivity index (χ1v) is 10.8. The number of hydrogen-bond donors (Lipinski definition) is 0. The zero-order chi connectivity index (χ0) is 18.7. The van der Waals surface area contributed by atoms with E-state index in [-0.39, 0.29) is 0 Å². The van der Waals surface area contributed by atoms with Gasteiger partial charge in [0.15, 0.2) is 0 Å². The molecule has 0 aliphatic carbocycles. The zero-order valence-corrected chi connectivity index (χ0v) is 16.7. The Hall–Kier alpha value is -2.11. The molecule has 134 valence electrons. The standard InChI is InChI=1S/C21H21NO2S2/c1-15-9-7-8-12-19(15)26(23,24)20-16(2)13-17(3)22-21(20)25-14-18-10-5-4-6-11-18/h4-13H,14H2,1-3H3. The van der Waals surface area contributed by atoms with Gasteiger partial charge in [0.25, 0.3) is 0 Å². The van der Waals surface area contributed by atoms with Gasteiger partial charge in [-0.15, -0.1) is 11.8 Å². The summed E-state index contributed by atoms with van der Waals surface area (Å²) < 4.78 is 26.7. The summed E-state index contributed by atoms with van der Waals surface area (Å²) in [6, 6.07) is 18.9. The normalized spacial score (nSPS) is 11.5. The number of thioether (sulfide) groups is 1.